The second-order valence-electron chi connectivity index (χ2n) is 6.65. The molecule has 13 heteroatoms. The van der Waals surface area contributed by atoms with Gasteiger partial charge in [0.1, 0.15) is 54.9 Å². The van der Waals surface area contributed by atoms with Crippen LogP contribution < -0.4 is 5.32 Å². The van der Waals surface area contributed by atoms with Gasteiger partial charge >= 0.3 is 0 Å². The van der Waals surface area contributed by atoms with Gasteiger partial charge in [-0.05, 0) is 0 Å². The Bertz CT molecular complexity index is 496. The lowest BCUT2D eigenvalue weighted by Crippen LogP contribution is -2.83. The topological polar surface area (TPSA) is 244 Å². The molecule has 0 bridgehead atoms. The summed E-state index contributed by atoms with van der Waals surface area (Å²) in [6, 6.07) is 0. The molecule has 2 unspecified atom stereocenters. The lowest BCUT2D eigenvalue weighted by Gasteiger charge is -2.54. The molecule has 2 aliphatic heterocycles. The van der Waals surface area contributed by atoms with E-state index in [1.807, 2.05) is 5.32 Å². The van der Waals surface area contributed by atoms with E-state index < -0.39 is 79.6 Å². The van der Waals surface area contributed by atoms with Gasteiger partial charge in [-0.3, -0.25) is 5.32 Å². The molecule has 2 saturated heterocycles. The number of ether oxygens (including phenoxy) is 1. The highest BCUT2D eigenvalue weighted by molar-refractivity contribution is 5.11. The number of rotatable bonds is 4. The fraction of sp³-hybridized carbons (Fsp3) is 1.00. The first-order valence-electron chi connectivity index (χ1n) is 7.82. The highest BCUT2D eigenvalue weighted by atomic mass is 16.6. The second-order valence-corrected chi connectivity index (χ2v) is 6.65. The molecular formula is C13H25NO12. The third-order valence-electron chi connectivity index (χ3n) is 4.94. The van der Waals surface area contributed by atoms with E-state index in [0.29, 0.717) is 0 Å². The quantitative estimate of drug-likeness (QED) is 0.215. The van der Waals surface area contributed by atoms with Gasteiger partial charge in [-0.1, -0.05) is 0 Å². The average Bonchev–Trinajstić information content (AvgIpc) is 2.62. The highest BCUT2D eigenvalue weighted by Crippen LogP contribution is 2.34. The molecule has 0 radical (unpaired) electrons. The van der Waals surface area contributed by atoms with Gasteiger partial charge in [-0.25, -0.2) is 0 Å². The number of hydrogen-bond donors (Lipinski definition) is 12. The summed E-state index contributed by atoms with van der Waals surface area (Å²) in [5, 5.41) is 110. The molecule has 12 N–H and O–H groups in total. The van der Waals surface area contributed by atoms with Crippen LogP contribution in [0.1, 0.15) is 0 Å². The molecule has 11 atom stereocenters. The fourth-order valence-corrected chi connectivity index (χ4v) is 3.23. The molecule has 2 heterocycles. The van der Waals surface area contributed by atoms with Gasteiger partial charge in [0.05, 0.1) is 13.2 Å². The Morgan fingerprint density at radius 2 is 1.42 bits per heavy atom. The zero-order valence-corrected chi connectivity index (χ0v) is 13.4. The first kappa shape index (κ1) is 21.8. The predicted octanol–water partition coefficient (Wildman–Crippen LogP) is -7.75. The largest absolute Gasteiger partial charge is 0.394 e. The summed E-state index contributed by atoms with van der Waals surface area (Å²) in [6.07, 6.45) is -18.1. The van der Waals surface area contributed by atoms with Gasteiger partial charge in [0.15, 0.2) is 11.4 Å². The van der Waals surface area contributed by atoms with Crippen LogP contribution in [-0.2, 0) is 4.74 Å². The van der Waals surface area contributed by atoms with Crippen molar-refractivity contribution in [3.8, 4) is 0 Å². The molecule has 0 aromatic heterocycles. The van der Waals surface area contributed by atoms with Crippen LogP contribution in [0, 0.1) is 0 Å². The first-order valence-corrected chi connectivity index (χ1v) is 7.82. The minimum atomic E-state index is -3.04. The average molecular weight is 387 g/mol. The van der Waals surface area contributed by atoms with Gasteiger partial charge in [-0.2, -0.15) is 0 Å². The van der Waals surface area contributed by atoms with Crippen LogP contribution in [-0.4, -0.2) is 136 Å². The summed E-state index contributed by atoms with van der Waals surface area (Å²) < 4.78 is 5.06. The Hall–Kier alpha value is -0.520. The van der Waals surface area contributed by atoms with E-state index in [1.54, 1.807) is 0 Å². The van der Waals surface area contributed by atoms with E-state index in [-0.39, 0.29) is 0 Å². The molecule has 0 amide bonds. The van der Waals surface area contributed by atoms with Crippen LogP contribution in [0.5, 0.6) is 0 Å². The summed E-state index contributed by atoms with van der Waals surface area (Å²) in [5.74, 6) is 0. The van der Waals surface area contributed by atoms with Crippen molar-refractivity contribution in [2.24, 2.45) is 0 Å². The van der Waals surface area contributed by atoms with Crippen LogP contribution in [0.4, 0.5) is 0 Å². The number of piperidine rings is 1. The van der Waals surface area contributed by atoms with Crippen molar-refractivity contribution in [2.75, 3.05) is 13.2 Å². The number of aliphatic hydroxyl groups is 11. The van der Waals surface area contributed by atoms with Crippen molar-refractivity contribution in [2.45, 2.75) is 66.4 Å². The first-order chi connectivity index (χ1) is 11.9. The summed E-state index contributed by atoms with van der Waals surface area (Å²) in [4.78, 5) is 0. The summed E-state index contributed by atoms with van der Waals surface area (Å²) in [6.45, 7) is -2.08. The van der Waals surface area contributed by atoms with Gasteiger partial charge in [0, 0.05) is 0 Å². The molecule has 2 fully saturated rings. The molecule has 0 aromatic rings. The minimum absolute atomic E-state index is 0.829. The molecular weight excluding hydrogens is 362 g/mol. The Balaban J connectivity index is 2.35. The van der Waals surface area contributed by atoms with Crippen LogP contribution >= 0.6 is 0 Å². The third kappa shape index (κ3) is 3.24. The molecule has 154 valence electrons. The smallest absolute Gasteiger partial charge is 0.176 e. The molecule has 0 spiro atoms. The summed E-state index contributed by atoms with van der Waals surface area (Å²) in [7, 11) is 0. The van der Waals surface area contributed by atoms with E-state index in [0.717, 1.165) is 0 Å². The van der Waals surface area contributed by atoms with E-state index in [4.69, 9.17) is 9.84 Å². The second kappa shape index (κ2) is 7.48. The number of hydrogen-bond acceptors (Lipinski definition) is 13. The van der Waals surface area contributed by atoms with Crippen molar-refractivity contribution in [3.05, 3.63) is 0 Å². The standard InChI is InChI=1S/C13H25NO12/c15-1-3-4(17)5(18)6(19)8(26-3)11(23)13(25)10(22)7(20)9(21)12(24,2-16)14-13/h3-11,14-25H,1-2H2/t3-,4-,5+,6-,7+,8?,9+,10-,11?,12-,13-/m1/s1. The van der Waals surface area contributed by atoms with E-state index in [9.17, 15) is 51.1 Å². The third-order valence-corrected chi connectivity index (χ3v) is 4.94. The summed E-state index contributed by atoms with van der Waals surface area (Å²) in [5.41, 5.74) is -5.79. The van der Waals surface area contributed by atoms with Crippen molar-refractivity contribution in [1.82, 2.24) is 5.32 Å². The Morgan fingerprint density at radius 3 is 1.92 bits per heavy atom. The van der Waals surface area contributed by atoms with Crippen molar-refractivity contribution < 1.29 is 60.9 Å². The van der Waals surface area contributed by atoms with Crippen molar-refractivity contribution >= 4 is 0 Å². The van der Waals surface area contributed by atoms with E-state index in [1.165, 1.54) is 0 Å². The van der Waals surface area contributed by atoms with Gasteiger partial charge in [-0.15, -0.1) is 0 Å². The Morgan fingerprint density at radius 1 is 0.846 bits per heavy atom. The molecule has 13 nitrogen and oxygen atoms in total. The SMILES string of the molecule is OC[C@H]1OC(C(O)[C@@]2(O)N[C@@](O)(CO)[C@@H](O)[C@H](O)[C@H]2O)[C@H](O)[C@@H](O)[C@@H]1O. The summed E-state index contributed by atoms with van der Waals surface area (Å²) >= 11 is 0. The molecule has 2 aliphatic rings. The van der Waals surface area contributed by atoms with Crippen LogP contribution in [0.3, 0.4) is 0 Å². The Kier molecular flexibility index (Phi) is 6.26. The van der Waals surface area contributed by atoms with Gasteiger partial charge in [0.25, 0.3) is 0 Å². The fourth-order valence-electron chi connectivity index (χ4n) is 3.23. The van der Waals surface area contributed by atoms with Gasteiger partial charge in [0.2, 0.25) is 0 Å². The Labute approximate surface area is 147 Å². The maximum Gasteiger partial charge on any atom is 0.176 e. The predicted molar refractivity (Wildman–Crippen MR) is 77.9 cm³/mol. The molecule has 0 aromatic carbocycles. The number of nitrogens with one attached hydrogen (secondary N) is 1. The molecule has 26 heavy (non-hydrogen) atoms. The van der Waals surface area contributed by atoms with E-state index in [2.05, 4.69) is 0 Å². The van der Waals surface area contributed by atoms with E-state index >= 15 is 0 Å². The van der Waals surface area contributed by atoms with Crippen LogP contribution in [0.15, 0.2) is 0 Å². The maximum absolute atomic E-state index is 10.6. The zero-order chi connectivity index (χ0) is 20.0. The number of aliphatic hydroxyl groups excluding tert-OH is 9. The maximum atomic E-state index is 10.6. The monoisotopic (exact) mass is 387 g/mol. The van der Waals surface area contributed by atoms with Crippen LogP contribution in [0.2, 0.25) is 0 Å². The molecule has 2 rings (SSSR count). The minimum Gasteiger partial charge on any atom is -0.394 e. The van der Waals surface area contributed by atoms with Crippen molar-refractivity contribution in [1.29, 1.82) is 0 Å². The van der Waals surface area contributed by atoms with Crippen LogP contribution in [0.25, 0.3) is 0 Å². The lowest BCUT2D eigenvalue weighted by atomic mass is 9.79. The van der Waals surface area contributed by atoms with Crippen molar-refractivity contribution in [3.63, 3.8) is 0 Å². The highest BCUT2D eigenvalue weighted by Gasteiger charge is 2.63. The lowest BCUT2D eigenvalue weighted by molar-refractivity contribution is -0.330. The normalized spacial score (nSPS) is 54.1. The zero-order valence-electron chi connectivity index (χ0n) is 13.4. The molecule has 0 saturated carbocycles. The van der Waals surface area contributed by atoms with Gasteiger partial charge < -0.3 is 60.9 Å². The molecule has 0 aliphatic carbocycles.